The summed E-state index contributed by atoms with van der Waals surface area (Å²) in [7, 11) is 0. The summed E-state index contributed by atoms with van der Waals surface area (Å²) in [6, 6.07) is 10.1. The van der Waals surface area contributed by atoms with E-state index in [-0.39, 0.29) is 24.4 Å². The Bertz CT molecular complexity index is 571. The van der Waals surface area contributed by atoms with Gasteiger partial charge >= 0.3 is 0 Å². The van der Waals surface area contributed by atoms with Gasteiger partial charge in [0, 0.05) is 24.5 Å². The Labute approximate surface area is 135 Å². The van der Waals surface area contributed by atoms with Crippen molar-refractivity contribution >= 4 is 29.7 Å². The summed E-state index contributed by atoms with van der Waals surface area (Å²) in [5, 5.41) is 2.57. The fourth-order valence-corrected chi connectivity index (χ4v) is 2.57. The molecule has 2 rings (SSSR count). The molecule has 2 N–H and O–H groups in total. The lowest BCUT2D eigenvalue weighted by Gasteiger charge is -2.26. The second-order valence-corrected chi connectivity index (χ2v) is 5.79. The molecular weight excluding hydrogens is 306 g/mol. The highest BCUT2D eigenvalue weighted by Gasteiger charge is 2.21. The molecule has 1 aromatic carbocycles. The van der Waals surface area contributed by atoms with Crippen LogP contribution in [0.15, 0.2) is 35.7 Å². The van der Waals surface area contributed by atoms with E-state index in [0.29, 0.717) is 18.8 Å². The van der Waals surface area contributed by atoms with E-state index in [1.807, 2.05) is 49.1 Å². The second-order valence-electron chi connectivity index (χ2n) is 4.84. The maximum Gasteiger partial charge on any atom is 0.273 e. The third kappa shape index (κ3) is 4.52. The van der Waals surface area contributed by atoms with Gasteiger partial charge in [0.15, 0.2) is 0 Å². The SMILES string of the molecule is CC(C)N(Cc1ccccc1)C(=O)c1csc(CN)n1.Cl. The zero-order valence-electron chi connectivity index (χ0n) is 12.2. The first-order chi connectivity index (χ1) is 9.61. The topological polar surface area (TPSA) is 59.2 Å². The van der Waals surface area contributed by atoms with Gasteiger partial charge in [-0.15, -0.1) is 23.7 Å². The van der Waals surface area contributed by atoms with Crippen molar-refractivity contribution in [2.75, 3.05) is 0 Å². The Morgan fingerprint density at radius 3 is 2.52 bits per heavy atom. The van der Waals surface area contributed by atoms with Crippen LogP contribution < -0.4 is 5.73 Å². The first kappa shape index (κ1) is 17.6. The van der Waals surface area contributed by atoms with Gasteiger partial charge in [-0.05, 0) is 19.4 Å². The Kier molecular flexibility index (Phi) is 6.81. The monoisotopic (exact) mass is 325 g/mol. The summed E-state index contributed by atoms with van der Waals surface area (Å²) < 4.78 is 0. The van der Waals surface area contributed by atoms with Crippen LogP contribution in [0.25, 0.3) is 0 Å². The molecule has 4 nitrogen and oxygen atoms in total. The van der Waals surface area contributed by atoms with Gasteiger partial charge in [0.05, 0.1) is 0 Å². The highest BCUT2D eigenvalue weighted by atomic mass is 35.5. The number of carbonyl (C=O) groups excluding carboxylic acids is 1. The van der Waals surface area contributed by atoms with Crippen LogP contribution in [0.5, 0.6) is 0 Å². The fourth-order valence-electron chi connectivity index (χ4n) is 1.92. The van der Waals surface area contributed by atoms with Crippen molar-refractivity contribution in [3.05, 3.63) is 52.0 Å². The van der Waals surface area contributed by atoms with Crippen molar-refractivity contribution in [3.8, 4) is 0 Å². The second kappa shape index (κ2) is 8.12. The van der Waals surface area contributed by atoms with E-state index in [9.17, 15) is 4.79 Å². The van der Waals surface area contributed by atoms with Crippen LogP contribution in [0.4, 0.5) is 0 Å². The summed E-state index contributed by atoms with van der Waals surface area (Å²) in [6.07, 6.45) is 0. The largest absolute Gasteiger partial charge is 0.331 e. The van der Waals surface area contributed by atoms with E-state index in [1.54, 1.807) is 5.38 Å². The number of rotatable bonds is 5. The number of carbonyl (C=O) groups is 1. The molecule has 0 saturated heterocycles. The normalized spacial score (nSPS) is 10.3. The number of thiazole rings is 1. The summed E-state index contributed by atoms with van der Waals surface area (Å²) in [6.45, 7) is 4.99. The number of aromatic nitrogens is 1. The molecule has 0 radical (unpaired) electrons. The molecular formula is C15H20ClN3OS. The predicted molar refractivity (Wildman–Crippen MR) is 88.7 cm³/mol. The van der Waals surface area contributed by atoms with E-state index >= 15 is 0 Å². The van der Waals surface area contributed by atoms with Crippen LogP contribution in [-0.2, 0) is 13.1 Å². The number of benzene rings is 1. The van der Waals surface area contributed by atoms with Crippen molar-refractivity contribution in [1.29, 1.82) is 0 Å². The summed E-state index contributed by atoms with van der Waals surface area (Å²) in [4.78, 5) is 18.6. The van der Waals surface area contributed by atoms with Crippen LogP contribution in [0, 0.1) is 0 Å². The molecule has 21 heavy (non-hydrogen) atoms. The van der Waals surface area contributed by atoms with Crippen LogP contribution in [0.3, 0.4) is 0 Å². The Morgan fingerprint density at radius 2 is 2.00 bits per heavy atom. The molecule has 0 aliphatic rings. The summed E-state index contributed by atoms with van der Waals surface area (Å²) in [5.41, 5.74) is 7.15. The number of hydrogen-bond acceptors (Lipinski definition) is 4. The predicted octanol–water partition coefficient (Wildman–Crippen LogP) is 3.07. The van der Waals surface area contributed by atoms with Crippen molar-refractivity contribution in [2.24, 2.45) is 5.73 Å². The van der Waals surface area contributed by atoms with Crippen LogP contribution in [-0.4, -0.2) is 21.8 Å². The van der Waals surface area contributed by atoms with Gasteiger partial charge in [0.25, 0.3) is 5.91 Å². The molecule has 1 amide bonds. The molecule has 0 spiro atoms. The summed E-state index contributed by atoms with van der Waals surface area (Å²) in [5.74, 6) is -0.0418. The molecule has 0 fully saturated rings. The van der Waals surface area contributed by atoms with E-state index in [2.05, 4.69) is 4.98 Å². The third-order valence-electron chi connectivity index (χ3n) is 3.03. The van der Waals surface area contributed by atoms with Gasteiger partial charge in [-0.2, -0.15) is 0 Å². The van der Waals surface area contributed by atoms with Crippen molar-refractivity contribution in [1.82, 2.24) is 9.88 Å². The minimum atomic E-state index is -0.0418. The standard InChI is InChI=1S/C15H19N3OS.ClH/c1-11(2)18(9-12-6-4-3-5-7-12)15(19)13-10-20-14(8-16)17-13;/h3-7,10-11H,8-9,16H2,1-2H3;1H. The van der Waals surface area contributed by atoms with Gasteiger partial charge < -0.3 is 10.6 Å². The van der Waals surface area contributed by atoms with Crippen molar-refractivity contribution in [2.45, 2.75) is 33.0 Å². The molecule has 0 aliphatic carbocycles. The van der Waals surface area contributed by atoms with Crippen LogP contribution in [0.1, 0.15) is 34.9 Å². The van der Waals surface area contributed by atoms with Crippen molar-refractivity contribution in [3.63, 3.8) is 0 Å². The van der Waals surface area contributed by atoms with Gasteiger partial charge in [-0.3, -0.25) is 4.79 Å². The number of amides is 1. The average Bonchev–Trinajstić information content (AvgIpc) is 2.94. The molecule has 0 saturated carbocycles. The van der Waals surface area contributed by atoms with Gasteiger partial charge in [-0.1, -0.05) is 30.3 Å². The van der Waals surface area contributed by atoms with E-state index in [4.69, 9.17) is 5.73 Å². The molecule has 1 heterocycles. The zero-order chi connectivity index (χ0) is 14.5. The molecule has 6 heteroatoms. The maximum absolute atomic E-state index is 12.5. The third-order valence-corrected chi connectivity index (χ3v) is 3.90. The highest BCUT2D eigenvalue weighted by molar-refractivity contribution is 7.09. The lowest BCUT2D eigenvalue weighted by molar-refractivity contribution is 0.0685. The maximum atomic E-state index is 12.5. The fraction of sp³-hybridized carbons (Fsp3) is 0.333. The molecule has 0 bridgehead atoms. The highest BCUT2D eigenvalue weighted by Crippen LogP contribution is 2.15. The molecule has 0 atom stereocenters. The Morgan fingerprint density at radius 1 is 1.33 bits per heavy atom. The zero-order valence-corrected chi connectivity index (χ0v) is 13.8. The first-order valence-corrected chi connectivity index (χ1v) is 7.49. The molecule has 0 unspecified atom stereocenters. The number of nitrogens with two attached hydrogens (primary N) is 1. The van der Waals surface area contributed by atoms with E-state index in [0.717, 1.165) is 10.6 Å². The van der Waals surface area contributed by atoms with Gasteiger partial charge in [-0.25, -0.2) is 4.98 Å². The minimum Gasteiger partial charge on any atom is -0.331 e. The van der Waals surface area contributed by atoms with Crippen LogP contribution >= 0.6 is 23.7 Å². The number of hydrogen-bond donors (Lipinski definition) is 1. The lowest BCUT2D eigenvalue weighted by atomic mass is 10.2. The Hall–Kier alpha value is -1.43. The summed E-state index contributed by atoms with van der Waals surface area (Å²) >= 11 is 1.43. The quantitative estimate of drug-likeness (QED) is 0.919. The lowest BCUT2D eigenvalue weighted by Crippen LogP contribution is -2.36. The molecule has 2 aromatic rings. The van der Waals surface area contributed by atoms with Gasteiger partial charge in [0.2, 0.25) is 0 Å². The smallest absolute Gasteiger partial charge is 0.273 e. The number of halogens is 1. The number of nitrogens with zero attached hydrogens (tertiary/aromatic N) is 2. The Balaban J connectivity index is 0.00000220. The van der Waals surface area contributed by atoms with Crippen LogP contribution in [0.2, 0.25) is 0 Å². The molecule has 1 aromatic heterocycles. The molecule has 0 aliphatic heterocycles. The first-order valence-electron chi connectivity index (χ1n) is 6.61. The minimum absolute atomic E-state index is 0. The van der Waals surface area contributed by atoms with Crippen molar-refractivity contribution < 1.29 is 4.79 Å². The van der Waals surface area contributed by atoms with Gasteiger partial charge in [0.1, 0.15) is 10.7 Å². The average molecular weight is 326 g/mol. The molecule has 114 valence electrons. The van der Waals surface area contributed by atoms with E-state index < -0.39 is 0 Å². The van der Waals surface area contributed by atoms with E-state index in [1.165, 1.54) is 11.3 Å².